The summed E-state index contributed by atoms with van der Waals surface area (Å²) in [6, 6.07) is 12.6. The zero-order valence-electron chi connectivity index (χ0n) is 13.9. The predicted molar refractivity (Wildman–Crippen MR) is 105 cm³/mol. The van der Waals surface area contributed by atoms with Crippen molar-refractivity contribution in [2.75, 3.05) is 32.1 Å². The molecular weight excluding hydrogens is 377 g/mol. The SMILES string of the molecule is C[NH+](C)CCN(C(=O)c1ccccc1Cl)c1nc2ccc(Cl)cc2s1. The van der Waals surface area contributed by atoms with Crippen LogP contribution in [0.15, 0.2) is 42.5 Å². The van der Waals surface area contributed by atoms with Gasteiger partial charge in [0.15, 0.2) is 5.13 Å². The number of benzene rings is 2. The van der Waals surface area contributed by atoms with Gasteiger partial charge in [0.2, 0.25) is 0 Å². The van der Waals surface area contributed by atoms with E-state index in [2.05, 4.69) is 19.1 Å². The monoisotopic (exact) mass is 394 g/mol. The van der Waals surface area contributed by atoms with Crippen molar-refractivity contribution in [3.63, 3.8) is 0 Å². The van der Waals surface area contributed by atoms with Gasteiger partial charge >= 0.3 is 0 Å². The van der Waals surface area contributed by atoms with Crippen molar-refractivity contribution in [2.24, 2.45) is 0 Å². The Morgan fingerprint density at radius 1 is 1.20 bits per heavy atom. The van der Waals surface area contributed by atoms with Crippen LogP contribution in [0.3, 0.4) is 0 Å². The molecule has 4 nitrogen and oxygen atoms in total. The van der Waals surface area contributed by atoms with E-state index in [9.17, 15) is 4.79 Å². The molecule has 1 amide bonds. The number of carbonyl (C=O) groups excluding carboxylic acids is 1. The number of amides is 1. The Morgan fingerprint density at radius 2 is 1.96 bits per heavy atom. The molecule has 1 aromatic heterocycles. The molecule has 0 atom stereocenters. The van der Waals surface area contributed by atoms with Crippen LogP contribution >= 0.6 is 34.5 Å². The highest BCUT2D eigenvalue weighted by atomic mass is 35.5. The van der Waals surface area contributed by atoms with Crippen molar-refractivity contribution in [3.8, 4) is 0 Å². The Labute approximate surface area is 160 Å². The third-order valence-corrected chi connectivity index (χ3v) is 5.36. The first kappa shape index (κ1) is 18.1. The molecule has 0 spiro atoms. The molecule has 0 bridgehead atoms. The number of rotatable bonds is 5. The molecule has 1 heterocycles. The van der Waals surface area contributed by atoms with Crippen LogP contribution in [0.4, 0.5) is 5.13 Å². The van der Waals surface area contributed by atoms with Crippen LogP contribution in [0.25, 0.3) is 10.2 Å². The summed E-state index contributed by atoms with van der Waals surface area (Å²) in [7, 11) is 4.10. The van der Waals surface area contributed by atoms with E-state index in [1.165, 1.54) is 16.2 Å². The highest BCUT2D eigenvalue weighted by Gasteiger charge is 2.23. The van der Waals surface area contributed by atoms with Crippen molar-refractivity contribution in [1.29, 1.82) is 0 Å². The molecule has 1 N–H and O–H groups in total. The maximum Gasteiger partial charge on any atom is 0.261 e. The number of halogens is 2. The quantitative estimate of drug-likeness (QED) is 0.719. The fourth-order valence-electron chi connectivity index (χ4n) is 2.40. The lowest BCUT2D eigenvalue weighted by Crippen LogP contribution is -3.06. The van der Waals surface area contributed by atoms with E-state index in [-0.39, 0.29) is 5.91 Å². The van der Waals surface area contributed by atoms with Crippen LogP contribution in [-0.2, 0) is 0 Å². The maximum absolute atomic E-state index is 13.1. The van der Waals surface area contributed by atoms with E-state index in [0.29, 0.717) is 27.3 Å². The number of aromatic nitrogens is 1. The molecule has 0 fully saturated rings. The first-order chi connectivity index (χ1) is 12.0. The Balaban J connectivity index is 2.01. The zero-order valence-corrected chi connectivity index (χ0v) is 16.3. The lowest BCUT2D eigenvalue weighted by Gasteiger charge is -2.21. The van der Waals surface area contributed by atoms with Gasteiger partial charge in [-0.2, -0.15) is 0 Å². The standard InChI is InChI=1S/C18H17Cl2N3OS/c1-22(2)9-10-23(17(24)13-5-3-4-6-14(13)20)18-21-15-8-7-12(19)11-16(15)25-18/h3-8,11H,9-10H2,1-2H3/p+1. The minimum Gasteiger partial charge on any atom is -0.338 e. The molecule has 130 valence electrons. The van der Waals surface area contributed by atoms with Gasteiger partial charge in [0, 0.05) is 5.02 Å². The van der Waals surface area contributed by atoms with Crippen molar-refractivity contribution < 1.29 is 9.69 Å². The summed E-state index contributed by atoms with van der Waals surface area (Å²) in [5.41, 5.74) is 1.31. The maximum atomic E-state index is 13.1. The van der Waals surface area contributed by atoms with Gasteiger partial charge in [0.05, 0.1) is 48.0 Å². The highest BCUT2D eigenvalue weighted by Crippen LogP contribution is 2.32. The van der Waals surface area contributed by atoms with E-state index in [4.69, 9.17) is 23.2 Å². The first-order valence-corrected chi connectivity index (χ1v) is 9.44. The zero-order chi connectivity index (χ0) is 18.0. The number of nitrogens with one attached hydrogen (secondary N) is 1. The lowest BCUT2D eigenvalue weighted by molar-refractivity contribution is -0.856. The number of nitrogens with zero attached hydrogens (tertiary/aromatic N) is 2. The summed E-state index contributed by atoms with van der Waals surface area (Å²) in [5.74, 6) is -0.142. The van der Waals surface area contributed by atoms with E-state index < -0.39 is 0 Å². The van der Waals surface area contributed by atoms with Crippen molar-refractivity contribution in [1.82, 2.24) is 4.98 Å². The second-order valence-corrected chi connectivity index (χ2v) is 7.85. The number of quaternary nitrogens is 1. The number of fused-ring (bicyclic) bond motifs is 1. The van der Waals surface area contributed by atoms with Crippen molar-refractivity contribution in [3.05, 3.63) is 58.1 Å². The molecule has 3 rings (SSSR count). The van der Waals surface area contributed by atoms with Gasteiger partial charge in [-0.05, 0) is 30.3 Å². The molecule has 0 saturated carbocycles. The number of carbonyl (C=O) groups is 1. The minimum absolute atomic E-state index is 0.142. The average molecular weight is 395 g/mol. The smallest absolute Gasteiger partial charge is 0.261 e. The second kappa shape index (κ2) is 7.70. The van der Waals surface area contributed by atoms with E-state index in [1.54, 1.807) is 23.1 Å². The summed E-state index contributed by atoms with van der Waals surface area (Å²) in [4.78, 5) is 20.7. The van der Waals surface area contributed by atoms with E-state index >= 15 is 0 Å². The first-order valence-electron chi connectivity index (χ1n) is 7.87. The summed E-state index contributed by atoms with van der Waals surface area (Å²) in [5, 5.41) is 1.76. The third kappa shape index (κ3) is 4.12. The molecule has 0 saturated heterocycles. The molecule has 0 radical (unpaired) electrons. The fourth-order valence-corrected chi connectivity index (χ4v) is 3.88. The van der Waals surface area contributed by atoms with Gasteiger partial charge in [-0.15, -0.1) is 0 Å². The number of thiazole rings is 1. The number of anilines is 1. The Hall–Kier alpha value is -1.66. The van der Waals surface area contributed by atoms with Crippen LogP contribution in [0.2, 0.25) is 10.0 Å². The minimum atomic E-state index is -0.142. The van der Waals surface area contributed by atoms with Crippen LogP contribution in [0.5, 0.6) is 0 Å². The van der Waals surface area contributed by atoms with Crippen LogP contribution in [0.1, 0.15) is 10.4 Å². The summed E-state index contributed by atoms with van der Waals surface area (Å²) >= 11 is 13.7. The second-order valence-electron chi connectivity index (χ2n) is 6.00. The van der Waals surface area contributed by atoms with Gasteiger partial charge in [0.1, 0.15) is 0 Å². The topological polar surface area (TPSA) is 37.6 Å². The molecule has 25 heavy (non-hydrogen) atoms. The lowest BCUT2D eigenvalue weighted by atomic mass is 10.2. The number of likely N-dealkylation sites (N-methyl/N-ethyl adjacent to an activating group) is 1. The normalized spacial score (nSPS) is 11.2. The average Bonchev–Trinajstić information content (AvgIpc) is 2.97. The van der Waals surface area contributed by atoms with Gasteiger partial charge in [-0.3, -0.25) is 9.69 Å². The summed E-state index contributed by atoms with van der Waals surface area (Å²) in [6.07, 6.45) is 0. The Morgan fingerprint density at radius 3 is 2.68 bits per heavy atom. The number of hydrogen-bond acceptors (Lipinski definition) is 3. The van der Waals surface area contributed by atoms with Crippen LogP contribution < -0.4 is 9.80 Å². The van der Waals surface area contributed by atoms with E-state index in [1.807, 2.05) is 24.3 Å². The van der Waals surface area contributed by atoms with Crippen molar-refractivity contribution in [2.45, 2.75) is 0 Å². The molecule has 2 aromatic carbocycles. The molecule has 0 aliphatic rings. The molecule has 0 aliphatic carbocycles. The third-order valence-electron chi connectivity index (χ3n) is 3.75. The molecular formula is C18H18Cl2N3OS+. The number of hydrogen-bond donors (Lipinski definition) is 1. The highest BCUT2D eigenvalue weighted by molar-refractivity contribution is 7.22. The van der Waals surface area contributed by atoms with Crippen LogP contribution in [-0.4, -0.2) is 38.1 Å². The predicted octanol–water partition coefficient (Wildman–Crippen LogP) is 3.39. The van der Waals surface area contributed by atoms with Crippen molar-refractivity contribution >= 4 is 55.8 Å². The summed E-state index contributed by atoms with van der Waals surface area (Å²) < 4.78 is 0.955. The van der Waals surface area contributed by atoms with E-state index in [0.717, 1.165) is 16.8 Å². The fraction of sp³-hybridized carbons (Fsp3) is 0.222. The molecule has 7 heteroatoms. The molecule has 3 aromatic rings. The van der Waals surface area contributed by atoms with Gasteiger partial charge in [-0.1, -0.05) is 46.7 Å². The largest absolute Gasteiger partial charge is 0.338 e. The molecule has 0 unspecified atom stereocenters. The van der Waals surface area contributed by atoms with Gasteiger partial charge < -0.3 is 4.90 Å². The van der Waals surface area contributed by atoms with Crippen LogP contribution in [0, 0.1) is 0 Å². The molecule has 0 aliphatic heterocycles. The Kier molecular flexibility index (Phi) is 5.59. The van der Waals surface area contributed by atoms with Gasteiger partial charge in [-0.25, -0.2) is 4.98 Å². The summed E-state index contributed by atoms with van der Waals surface area (Å²) in [6.45, 7) is 1.35. The Bertz CT molecular complexity index is 910. The van der Waals surface area contributed by atoms with Gasteiger partial charge in [0.25, 0.3) is 5.91 Å².